The number of nitriles is 1. The Labute approximate surface area is 190 Å². The van der Waals surface area contributed by atoms with Crippen LogP contribution in [0.25, 0.3) is 11.1 Å². The van der Waals surface area contributed by atoms with Gasteiger partial charge in [-0.1, -0.05) is 6.07 Å². The minimum absolute atomic E-state index is 0.264. The van der Waals surface area contributed by atoms with E-state index in [1.165, 1.54) is 10.9 Å². The monoisotopic (exact) mass is 446 g/mol. The molecule has 168 valence electrons. The summed E-state index contributed by atoms with van der Waals surface area (Å²) < 4.78 is 22.4. The summed E-state index contributed by atoms with van der Waals surface area (Å²) in [5.41, 5.74) is 2.78. The van der Waals surface area contributed by atoms with E-state index in [1.54, 1.807) is 30.7 Å². The van der Waals surface area contributed by atoms with Crippen molar-refractivity contribution in [3.05, 3.63) is 66.8 Å². The van der Waals surface area contributed by atoms with Gasteiger partial charge in [-0.3, -0.25) is 9.36 Å². The van der Waals surface area contributed by atoms with Crippen molar-refractivity contribution in [2.75, 3.05) is 5.32 Å². The van der Waals surface area contributed by atoms with Crippen LogP contribution in [0.3, 0.4) is 0 Å². The number of benzene rings is 1. The molecule has 0 saturated carbocycles. The molecule has 0 radical (unpaired) electrons. The van der Waals surface area contributed by atoms with Gasteiger partial charge in [0.2, 0.25) is 5.95 Å². The Hall–Kier alpha value is -4.26. The van der Waals surface area contributed by atoms with Gasteiger partial charge >= 0.3 is 0 Å². The maximum atomic E-state index is 13.2. The zero-order chi connectivity index (χ0) is 23.4. The van der Waals surface area contributed by atoms with Gasteiger partial charge in [-0.05, 0) is 38.5 Å². The molecule has 3 heterocycles. The average Bonchev–Trinajstić information content (AvgIpc) is 3.43. The van der Waals surface area contributed by atoms with Gasteiger partial charge in [-0.25, -0.2) is 14.4 Å². The maximum Gasteiger partial charge on any atom is 0.227 e. The second-order valence-corrected chi connectivity index (χ2v) is 7.85. The fourth-order valence-corrected chi connectivity index (χ4v) is 3.20. The quantitative estimate of drug-likeness (QED) is 0.429. The molecule has 0 aliphatic rings. The van der Waals surface area contributed by atoms with Crippen LogP contribution >= 0.6 is 0 Å². The van der Waals surface area contributed by atoms with E-state index in [4.69, 9.17) is 4.74 Å². The molecule has 0 aliphatic heterocycles. The zero-order valence-electron chi connectivity index (χ0n) is 18.5. The maximum absolute atomic E-state index is 13.2. The number of ether oxygens (including phenoxy) is 1. The number of rotatable bonds is 8. The zero-order valence-corrected chi connectivity index (χ0v) is 18.5. The lowest BCUT2D eigenvalue weighted by atomic mass is 10.1. The predicted octanol–water partition coefficient (Wildman–Crippen LogP) is 4.34. The molecule has 3 aromatic heterocycles. The van der Waals surface area contributed by atoms with E-state index in [2.05, 4.69) is 45.4 Å². The smallest absolute Gasteiger partial charge is 0.227 e. The Morgan fingerprint density at radius 2 is 1.85 bits per heavy atom. The molecule has 0 fully saturated rings. The summed E-state index contributed by atoms with van der Waals surface area (Å²) in [6.07, 6.45) is 9.12. The topological polar surface area (TPSA) is 106 Å². The number of anilines is 2. The molecule has 0 amide bonds. The molecule has 10 heteroatoms. The lowest BCUT2D eigenvalue weighted by Crippen LogP contribution is -2.20. The number of halogens is 1. The van der Waals surface area contributed by atoms with E-state index in [0.29, 0.717) is 23.8 Å². The first-order valence-electron chi connectivity index (χ1n) is 10.4. The fraction of sp³-hybridized carbons (Fsp3) is 0.261. The highest BCUT2D eigenvalue weighted by Gasteiger charge is 2.13. The SMILES string of the molecule is CC(Cn1cc(F)cn1)Oc1cc(-c2cnc(Nc3cnn(C(C)C)c3)nc2)ccc1C#N. The molecule has 1 aromatic carbocycles. The van der Waals surface area contributed by atoms with Crippen LogP contribution in [0.1, 0.15) is 32.4 Å². The van der Waals surface area contributed by atoms with Crippen LogP contribution in [-0.4, -0.2) is 35.6 Å². The van der Waals surface area contributed by atoms with E-state index in [1.807, 2.05) is 23.9 Å². The minimum Gasteiger partial charge on any atom is -0.487 e. The van der Waals surface area contributed by atoms with E-state index in [0.717, 1.165) is 23.0 Å². The van der Waals surface area contributed by atoms with Gasteiger partial charge in [-0.15, -0.1) is 0 Å². The molecule has 1 unspecified atom stereocenters. The summed E-state index contributed by atoms with van der Waals surface area (Å²) in [6.45, 7) is 6.28. The third-order valence-electron chi connectivity index (χ3n) is 4.85. The van der Waals surface area contributed by atoms with Crippen molar-refractivity contribution in [2.24, 2.45) is 0 Å². The third kappa shape index (κ3) is 5.33. The van der Waals surface area contributed by atoms with E-state index in [9.17, 15) is 9.65 Å². The van der Waals surface area contributed by atoms with Gasteiger partial charge in [0.05, 0.1) is 36.4 Å². The molecule has 0 aliphatic carbocycles. The Bertz CT molecular complexity index is 1270. The molecule has 33 heavy (non-hydrogen) atoms. The van der Waals surface area contributed by atoms with Crippen molar-refractivity contribution in [2.45, 2.75) is 39.5 Å². The van der Waals surface area contributed by atoms with Crippen LogP contribution in [0, 0.1) is 17.1 Å². The first-order chi connectivity index (χ1) is 15.9. The first-order valence-corrected chi connectivity index (χ1v) is 10.4. The second-order valence-electron chi connectivity index (χ2n) is 7.85. The van der Waals surface area contributed by atoms with E-state index < -0.39 is 5.82 Å². The largest absolute Gasteiger partial charge is 0.487 e. The Morgan fingerprint density at radius 3 is 2.48 bits per heavy atom. The van der Waals surface area contributed by atoms with Crippen LogP contribution in [-0.2, 0) is 6.54 Å². The molecular weight excluding hydrogens is 423 g/mol. The van der Waals surface area contributed by atoms with Crippen LogP contribution in [0.2, 0.25) is 0 Å². The summed E-state index contributed by atoms with van der Waals surface area (Å²) in [5, 5.41) is 20.8. The number of hydrogen-bond acceptors (Lipinski definition) is 7. The van der Waals surface area contributed by atoms with Crippen molar-refractivity contribution < 1.29 is 9.13 Å². The summed E-state index contributed by atoms with van der Waals surface area (Å²) in [6, 6.07) is 7.68. The summed E-state index contributed by atoms with van der Waals surface area (Å²) in [7, 11) is 0. The molecule has 4 rings (SSSR count). The molecule has 1 N–H and O–H groups in total. The second kappa shape index (κ2) is 9.48. The van der Waals surface area contributed by atoms with E-state index >= 15 is 0 Å². The van der Waals surface area contributed by atoms with Crippen LogP contribution in [0.15, 0.2) is 55.4 Å². The van der Waals surface area contributed by atoms with Crippen molar-refractivity contribution in [1.82, 2.24) is 29.5 Å². The molecule has 0 saturated heterocycles. The lowest BCUT2D eigenvalue weighted by Gasteiger charge is -2.16. The van der Waals surface area contributed by atoms with Crippen LogP contribution in [0.4, 0.5) is 16.0 Å². The molecule has 0 spiro atoms. The van der Waals surface area contributed by atoms with Crippen LogP contribution in [0.5, 0.6) is 5.75 Å². The summed E-state index contributed by atoms with van der Waals surface area (Å²) in [4.78, 5) is 8.77. The van der Waals surface area contributed by atoms with E-state index in [-0.39, 0.29) is 12.1 Å². The van der Waals surface area contributed by atoms with Gasteiger partial charge in [-0.2, -0.15) is 15.5 Å². The Morgan fingerprint density at radius 1 is 1.06 bits per heavy atom. The van der Waals surface area contributed by atoms with Crippen molar-refractivity contribution >= 4 is 11.6 Å². The van der Waals surface area contributed by atoms with Gasteiger partial charge in [0, 0.05) is 30.2 Å². The minimum atomic E-state index is -0.409. The van der Waals surface area contributed by atoms with Crippen molar-refractivity contribution in [3.63, 3.8) is 0 Å². The molecular formula is C23H23FN8O. The fourth-order valence-electron chi connectivity index (χ4n) is 3.20. The summed E-state index contributed by atoms with van der Waals surface area (Å²) >= 11 is 0. The molecule has 9 nitrogen and oxygen atoms in total. The molecule has 1 atom stereocenters. The predicted molar refractivity (Wildman–Crippen MR) is 120 cm³/mol. The van der Waals surface area contributed by atoms with Crippen molar-refractivity contribution in [3.8, 4) is 22.9 Å². The number of nitrogens with one attached hydrogen (secondary N) is 1. The average molecular weight is 446 g/mol. The van der Waals surface area contributed by atoms with Crippen LogP contribution < -0.4 is 10.1 Å². The normalized spacial score (nSPS) is 11.9. The Kier molecular flexibility index (Phi) is 6.31. The highest BCUT2D eigenvalue weighted by molar-refractivity contribution is 5.66. The number of nitrogens with zero attached hydrogens (tertiary/aromatic N) is 7. The van der Waals surface area contributed by atoms with Gasteiger partial charge < -0.3 is 10.1 Å². The number of hydrogen-bond donors (Lipinski definition) is 1. The highest BCUT2D eigenvalue weighted by Crippen LogP contribution is 2.28. The summed E-state index contributed by atoms with van der Waals surface area (Å²) in [5.74, 6) is 0.472. The molecule has 0 bridgehead atoms. The first kappa shape index (κ1) is 22.0. The molecule has 4 aromatic rings. The van der Waals surface area contributed by atoms with Gasteiger partial charge in [0.25, 0.3) is 0 Å². The lowest BCUT2D eigenvalue weighted by molar-refractivity contribution is 0.193. The Balaban J connectivity index is 1.48. The van der Waals surface area contributed by atoms with Gasteiger partial charge in [0.1, 0.15) is 17.9 Å². The highest BCUT2D eigenvalue weighted by atomic mass is 19.1. The number of aromatic nitrogens is 6. The van der Waals surface area contributed by atoms with Gasteiger partial charge in [0.15, 0.2) is 5.82 Å². The third-order valence-corrected chi connectivity index (χ3v) is 4.85. The van der Waals surface area contributed by atoms with Crippen molar-refractivity contribution in [1.29, 1.82) is 5.26 Å². The standard InChI is InChI=1S/C23H23FN8O/c1-15(2)32-14-21(11-29-32)30-23-26-8-19(9-27-23)17-4-5-18(7-25)22(6-17)33-16(3)12-31-13-20(24)10-28-31/h4-6,8-11,13-16H,12H2,1-3H3,(H,26,27,30).